The van der Waals surface area contributed by atoms with E-state index in [0.717, 1.165) is 16.0 Å². The molecule has 0 atom stereocenters. The highest BCUT2D eigenvalue weighted by atomic mass is 35.5. The molecule has 0 aromatic heterocycles. The maximum Gasteiger partial charge on any atom is 0.421 e. The minimum Gasteiger partial charge on any atom is -0.489 e. The molecule has 0 aliphatic carbocycles. The van der Waals surface area contributed by atoms with Gasteiger partial charge in [0.2, 0.25) is 5.91 Å². The molecule has 0 bridgehead atoms. The molecule has 27 heavy (non-hydrogen) atoms. The lowest BCUT2D eigenvalue weighted by atomic mass is 10.0. The number of benzene rings is 2. The van der Waals surface area contributed by atoms with Gasteiger partial charge in [-0.1, -0.05) is 29.8 Å². The number of ether oxygens (including phenoxy) is 2. The quantitative estimate of drug-likeness (QED) is 0.732. The number of hydrogen-bond donors (Lipinski definition) is 0. The van der Waals surface area contributed by atoms with Gasteiger partial charge in [-0.15, -0.1) is 0 Å². The molecule has 3 rings (SSSR count). The van der Waals surface area contributed by atoms with E-state index < -0.39 is 11.7 Å². The molecule has 6 heteroatoms. The summed E-state index contributed by atoms with van der Waals surface area (Å²) in [7, 11) is 0. The molecule has 2 aromatic carbocycles. The van der Waals surface area contributed by atoms with Crippen LogP contribution >= 0.6 is 11.6 Å². The Hall–Kier alpha value is -2.53. The fraction of sp³-hybridized carbons (Fsp3) is 0.333. The van der Waals surface area contributed by atoms with Gasteiger partial charge in [0.05, 0.1) is 5.69 Å². The van der Waals surface area contributed by atoms with E-state index in [1.54, 1.807) is 32.9 Å². The fourth-order valence-corrected chi connectivity index (χ4v) is 3.05. The summed E-state index contributed by atoms with van der Waals surface area (Å²) in [6.45, 7) is 5.64. The Balaban J connectivity index is 1.82. The molecule has 1 aliphatic heterocycles. The van der Waals surface area contributed by atoms with E-state index >= 15 is 0 Å². The van der Waals surface area contributed by atoms with Crippen molar-refractivity contribution < 1.29 is 19.1 Å². The Kier molecular flexibility index (Phi) is 5.42. The van der Waals surface area contributed by atoms with Gasteiger partial charge in [-0.2, -0.15) is 0 Å². The number of carbonyl (C=O) groups excluding carboxylic acids is 2. The van der Waals surface area contributed by atoms with E-state index in [9.17, 15) is 9.59 Å². The number of amides is 2. The normalized spacial score (nSPS) is 13.9. The number of anilines is 1. The standard InChI is InChI=1S/C21H22ClNO4/c1-21(2,3)27-20(25)23-18-12-17(9-7-15(18)8-10-19(23)24)26-13-14-5-4-6-16(22)11-14/h4-7,9,11-12H,8,10,13H2,1-3H3. The van der Waals surface area contributed by atoms with Gasteiger partial charge in [-0.05, 0) is 56.5 Å². The summed E-state index contributed by atoms with van der Waals surface area (Å²) in [4.78, 5) is 26.0. The predicted molar refractivity (Wildman–Crippen MR) is 104 cm³/mol. The van der Waals surface area contributed by atoms with Crippen LogP contribution in [0.1, 0.15) is 38.3 Å². The highest BCUT2D eigenvalue weighted by Gasteiger charge is 2.33. The van der Waals surface area contributed by atoms with Crippen LogP contribution in [-0.2, 0) is 22.6 Å². The molecule has 0 saturated heterocycles. The molecule has 142 valence electrons. The number of rotatable bonds is 3. The summed E-state index contributed by atoms with van der Waals surface area (Å²) in [6.07, 6.45) is 0.192. The van der Waals surface area contributed by atoms with E-state index in [-0.39, 0.29) is 12.3 Å². The molecule has 2 amide bonds. The maximum absolute atomic E-state index is 12.5. The van der Waals surface area contributed by atoms with Gasteiger partial charge in [0.15, 0.2) is 0 Å². The van der Waals surface area contributed by atoms with Gasteiger partial charge in [-0.3, -0.25) is 4.79 Å². The largest absolute Gasteiger partial charge is 0.489 e. The van der Waals surface area contributed by atoms with Crippen molar-refractivity contribution in [3.8, 4) is 5.75 Å². The van der Waals surface area contributed by atoms with Gasteiger partial charge >= 0.3 is 6.09 Å². The second-order valence-corrected chi connectivity index (χ2v) is 7.86. The van der Waals surface area contributed by atoms with Crippen molar-refractivity contribution in [2.24, 2.45) is 0 Å². The van der Waals surface area contributed by atoms with Crippen molar-refractivity contribution in [2.45, 2.75) is 45.8 Å². The zero-order valence-electron chi connectivity index (χ0n) is 15.6. The molecule has 0 spiro atoms. The summed E-state index contributed by atoms with van der Waals surface area (Å²) in [5.41, 5.74) is 1.68. The van der Waals surface area contributed by atoms with Crippen LogP contribution in [0, 0.1) is 0 Å². The van der Waals surface area contributed by atoms with Crippen LogP contribution in [0.4, 0.5) is 10.5 Å². The average molecular weight is 388 g/mol. The minimum atomic E-state index is -0.685. The van der Waals surface area contributed by atoms with Crippen LogP contribution in [0.5, 0.6) is 5.75 Å². The summed E-state index contributed by atoms with van der Waals surface area (Å²) in [5, 5.41) is 0.642. The lowest BCUT2D eigenvalue weighted by molar-refractivity contribution is -0.118. The highest BCUT2D eigenvalue weighted by molar-refractivity contribution is 6.30. The van der Waals surface area contributed by atoms with Crippen LogP contribution in [0.2, 0.25) is 5.02 Å². The summed E-state index contributed by atoms with van der Waals surface area (Å²) >= 11 is 5.99. The van der Waals surface area contributed by atoms with E-state index in [1.165, 1.54) is 0 Å². The van der Waals surface area contributed by atoms with Gasteiger partial charge in [0, 0.05) is 17.5 Å². The Morgan fingerprint density at radius 1 is 1.15 bits per heavy atom. The first-order valence-electron chi connectivity index (χ1n) is 8.79. The molecule has 0 radical (unpaired) electrons. The van der Waals surface area contributed by atoms with Crippen molar-refractivity contribution >= 4 is 29.3 Å². The van der Waals surface area contributed by atoms with Gasteiger partial charge in [0.1, 0.15) is 18.0 Å². The van der Waals surface area contributed by atoms with Gasteiger partial charge < -0.3 is 9.47 Å². The molecule has 0 N–H and O–H groups in total. The zero-order chi connectivity index (χ0) is 19.6. The minimum absolute atomic E-state index is 0.273. The topological polar surface area (TPSA) is 55.8 Å². The highest BCUT2D eigenvalue weighted by Crippen LogP contribution is 2.33. The third-order valence-corrected chi connectivity index (χ3v) is 4.26. The van der Waals surface area contributed by atoms with E-state index in [4.69, 9.17) is 21.1 Å². The summed E-state index contributed by atoms with van der Waals surface area (Å²) in [5.74, 6) is 0.292. The Morgan fingerprint density at radius 2 is 1.93 bits per heavy atom. The molecule has 1 aliphatic rings. The van der Waals surface area contributed by atoms with Crippen LogP contribution in [0.15, 0.2) is 42.5 Å². The third kappa shape index (κ3) is 4.80. The third-order valence-electron chi connectivity index (χ3n) is 4.03. The van der Waals surface area contributed by atoms with E-state index in [0.29, 0.717) is 29.5 Å². The predicted octanol–water partition coefficient (Wildman–Crippen LogP) is 5.13. The van der Waals surface area contributed by atoms with Gasteiger partial charge in [0.25, 0.3) is 0 Å². The fourth-order valence-electron chi connectivity index (χ4n) is 2.84. The maximum atomic E-state index is 12.5. The van der Waals surface area contributed by atoms with Crippen LogP contribution in [0.3, 0.4) is 0 Å². The average Bonchev–Trinajstić information content (AvgIpc) is 2.58. The zero-order valence-corrected chi connectivity index (χ0v) is 16.4. The second-order valence-electron chi connectivity index (χ2n) is 7.42. The number of imide groups is 1. The molecule has 0 fully saturated rings. The van der Waals surface area contributed by atoms with Crippen molar-refractivity contribution in [1.29, 1.82) is 0 Å². The summed E-state index contributed by atoms with van der Waals surface area (Å²) < 4.78 is 11.2. The first-order chi connectivity index (χ1) is 12.7. The Labute approximate surface area is 163 Å². The number of hydrogen-bond acceptors (Lipinski definition) is 4. The molecular formula is C21H22ClNO4. The monoisotopic (exact) mass is 387 g/mol. The molecule has 0 unspecified atom stereocenters. The van der Waals surface area contributed by atoms with Crippen LogP contribution in [-0.4, -0.2) is 17.6 Å². The van der Waals surface area contributed by atoms with Crippen molar-refractivity contribution in [3.63, 3.8) is 0 Å². The molecule has 2 aromatic rings. The first kappa shape index (κ1) is 19.2. The number of fused-ring (bicyclic) bond motifs is 1. The molecule has 5 nitrogen and oxygen atoms in total. The lowest BCUT2D eigenvalue weighted by Gasteiger charge is -2.30. The van der Waals surface area contributed by atoms with Crippen LogP contribution < -0.4 is 9.64 Å². The summed E-state index contributed by atoms with van der Waals surface area (Å²) in [6, 6.07) is 12.8. The number of halogens is 1. The Morgan fingerprint density at radius 3 is 2.63 bits per heavy atom. The van der Waals surface area contributed by atoms with Gasteiger partial charge in [-0.25, -0.2) is 9.69 Å². The van der Waals surface area contributed by atoms with E-state index in [2.05, 4.69) is 0 Å². The SMILES string of the molecule is CC(C)(C)OC(=O)N1C(=O)CCc2ccc(OCc3cccc(Cl)c3)cc21. The number of carbonyl (C=O) groups is 2. The molecular weight excluding hydrogens is 366 g/mol. The smallest absolute Gasteiger partial charge is 0.421 e. The molecule has 0 saturated carbocycles. The van der Waals surface area contributed by atoms with Crippen molar-refractivity contribution in [1.82, 2.24) is 0 Å². The van der Waals surface area contributed by atoms with E-state index in [1.807, 2.05) is 30.3 Å². The Bertz CT molecular complexity index is 873. The number of aryl methyl sites for hydroxylation is 1. The number of nitrogens with zero attached hydrogens (tertiary/aromatic N) is 1. The van der Waals surface area contributed by atoms with Crippen molar-refractivity contribution in [2.75, 3.05) is 4.90 Å². The first-order valence-corrected chi connectivity index (χ1v) is 9.17. The second kappa shape index (κ2) is 7.61. The van der Waals surface area contributed by atoms with Crippen molar-refractivity contribution in [3.05, 3.63) is 58.6 Å². The molecule has 1 heterocycles. The van der Waals surface area contributed by atoms with Crippen LogP contribution in [0.25, 0.3) is 0 Å². The lowest BCUT2D eigenvalue weighted by Crippen LogP contribution is -2.43.